The first-order chi connectivity index (χ1) is 8.75. The van der Waals surface area contributed by atoms with Crippen LogP contribution in [0.1, 0.15) is 29.8 Å². The van der Waals surface area contributed by atoms with E-state index < -0.39 is 5.97 Å². The standard InChI is InChI=1S/C14H15NO3/c16-14(17)12-9-10-5-4-6-11(13(10)18-12)15-7-2-1-3-8-15/h4-6,9H,1-3,7-8H2,(H,16,17). The second kappa shape index (κ2) is 4.37. The molecule has 0 aliphatic carbocycles. The van der Waals surface area contributed by atoms with Gasteiger partial charge in [-0.2, -0.15) is 0 Å². The van der Waals surface area contributed by atoms with Crippen LogP contribution in [0.5, 0.6) is 0 Å². The van der Waals surface area contributed by atoms with Gasteiger partial charge in [0.1, 0.15) is 0 Å². The number of para-hydroxylation sites is 1. The number of hydrogen-bond donors (Lipinski definition) is 1. The van der Waals surface area contributed by atoms with Gasteiger partial charge in [-0.25, -0.2) is 4.79 Å². The molecule has 3 rings (SSSR count). The molecule has 0 bridgehead atoms. The highest BCUT2D eigenvalue weighted by atomic mass is 16.4. The van der Waals surface area contributed by atoms with Gasteiger partial charge in [0.25, 0.3) is 0 Å². The second-order valence-electron chi connectivity index (χ2n) is 4.66. The monoisotopic (exact) mass is 245 g/mol. The van der Waals surface area contributed by atoms with Gasteiger partial charge in [-0.15, -0.1) is 0 Å². The van der Waals surface area contributed by atoms with Gasteiger partial charge in [-0.3, -0.25) is 0 Å². The number of carboxylic acid groups (broad SMARTS) is 1. The summed E-state index contributed by atoms with van der Waals surface area (Å²) in [7, 11) is 0. The molecule has 4 heteroatoms. The highest BCUT2D eigenvalue weighted by Gasteiger charge is 2.18. The van der Waals surface area contributed by atoms with E-state index in [1.54, 1.807) is 6.07 Å². The van der Waals surface area contributed by atoms with Crippen molar-refractivity contribution < 1.29 is 14.3 Å². The predicted molar refractivity (Wildman–Crippen MR) is 69.2 cm³/mol. The Morgan fingerprint density at radius 2 is 2.00 bits per heavy atom. The fraction of sp³-hybridized carbons (Fsp3) is 0.357. The van der Waals surface area contributed by atoms with Crippen molar-refractivity contribution >= 4 is 22.6 Å². The summed E-state index contributed by atoms with van der Waals surface area (Å²) < 4.78 is 5.47. The molecule has 1 aliphatic heterocycles. The van der Waals surface area contributed by atoms with Crippen molar-refractivity contribution in [3.05, 3.63) is 30.0 Å². The molecule has 1 aliphatic rings. The molecule has 94 valence electrons. The van der Waals surface area contributed by atoms with E-state index in [9.17, 15) is 4.79 Å². The Bertz CT molecular complexity index is 582. The van der Waals surface area contributed by atoms with Crippen molar-refractivity contribution in [3.63, 3.8) is 0 Å². The Hall–Kier alpha value is -1.97. The highest BCUT2D eigenvalue weighted by Crippen LogP contribution is 2.31. The number of anilines is 1. The van der Waals surface area contributed by atoms with Gasteiger partial charge in [-0.05, 0) is 31.4 Å². The normalized spacial score (nSPS) is 16.1. The molecule has 0 unspecified atom stereocenters. The van der Waals surface area contributed by atoms with Crippen LogP contribution in [0, 0.1) is 0 Å². The SMILES string of the molecule is O=C(O)c1cc2cccc(N3CCCCC3)c2o1. The third kappa shape index (κ3) is 1.83. The second-order valence-corrected chi connectivity index (χ2v) is 4.66. The van der Waals surface area contributed by atoms with E-state index in [2.05, 4.69) is 4.90 Å². The molecule has 0 amide bonds. The average Bonchev–Trinajstić information content (AvgIpc) is 2.83. The van der Waals surface area contributed by atoms with Gasteiger partial charge in [0.2, 0.25) is 5.76 Å². The molecule has 0 radical (unpaired) electrons. The van der Waals surface area contributed by atoms with Crippen molar-refractivity contribution in [1.29, 1.82) is 0 Å². The molecule has 0 spiro atoms. The molecule has 0 atom stereocenters. The zero-order valence-corrected chi connectivity index (χ0v) is 10.1. The minimum Gasteiger partial charge on any atom is -0.475 e. The van der Waals surface area contributed by atoms with Crippen LogP contribution in [0.2, 0.25) is 0 Å². The van der Waals surface area contributed by atoms with Crippen molar-refractivity contribution in [2.75, 3.05) is 18.0 Å². The van der Waals surface area contributed by atoms with Crippen LogP contribution in [-0.4, -0.2) is 24.2 Å². The van der Waals surface area contributed by atoms with Gasteiger partial charge in [0, 0.05) is 18.5 Å². The van der Waals surface area contributed by atoms with Crippen LogP contribution >= 0.6 is 0 Å². The largest absolute Gasteiger partial charge is 0.475 e. The van der Waals surface area contributed by atoms with Crippen LogP contribution in [0.15, 0.2) is 28.7 Å². The zero-order valence-electron chi connectivity index (χ0n) is 10.1. The average molecular weight is 245 g/mol. The van der Waals surface area contributed by atoms with Crippen LogP contribution in [0.25, 0.3) is 11.0 Å². The van der Waals surface area contributed by atoms with Gasteiger partial charge >= 0.3 is 5.97 Å². The third-order valence-corrected chi connectivity index (χ3v) is 3.43. The van der Waals surface area contributed by atoms with Crippen molar-refractivity contribution in [2.24, 2.45) is 0 Å². The minimum absolute atomic E-state index is 0.00876. The van der Waals surface area contributed by atoms with Crippen LogP contribution in [0.4, 0.5) is 5.69 Å². The first-order valence-electron chi connectivity index (χ1n) is 6.26. The van der Waals surface area contributed by atoms with E-state index in [1.807, 2.05) is 18.2 Å². The van der Waals surface area contributed by atoms with Gasteiger partial charge in [0.05, 0.1) is 5.69 Å². The maximum Gasteiger partial charge on any atom is 0.371 e. The molecule has 1 aromatic heterocycles. The number of aromatic carboxylic acids is 1. The summed E-state index contributed by atoms with van der Waals surface area (Å²) in [5, 5.41) is 9.84. The molecule has 1 fully saturated rings. The number of benzene rings is 1. The molecule has 1 saturated heterocycles. The molecule has 2 aromatic rings. The van der Waals surface area contributed by atoms with Crippen LogP contribution in [0.3, 0.4) is 0 Å². The minimum atomic E-state index is -1.02. The summed E-state index contributed by atoms with van der Waals surface area (Å²) >= 11 is 0. The Balaban J connectivity index is 2.07. The summed E-state index contributed by atoms with van der Waals surface area (Å²) in [5.74, 6) is -1.01. The van der Waals surface area contributed by atoms with E-state index in [1.165, 1.54) is 19.3 Å². The topological polar surface area (TPSA) is 53.7 Å². The van der Waals surface area contributed by atoms with E-state index in [0.29, 0.717) is 5.58 Å². The number of hydrogen-bond acceptors (Lipinski definition) is 3. The lowest BCUT2D eigenvalue weighted by Crippen LogP contribution is -2.29. The molecule has 4 nitrogen and oxygen atoms in total. The van der Waals surface area contributed by atoms with Gasteiger partial charge < -0.3 is 14.4 Å². The van der Waals surface area contributed by atoms with E-state index in [4.69, 9.17) is 9.52 Å². The van der Waals surface area contributed by atoms with E-state index in [0.717, 1.165) is 24.2 Å². The lowest BCUT2D eigenvalue weighted by molar-refractivity contribution is 0.0665. The van der Waals surface area contributed by atoms with Crippen molar-refractivity contribution in [2.45, 2.75) is 19.3 Å². The third-order valence-electron chi connectivity index (χ3n) is 3.43. The molecular formula is C14H15NO3. The fourth-order valence-electron chi connectivity index (χ4n) is 2.54. The first-order valence-corrected chi connectivity index (χ1v) is 6.26. The molecular weight excluding hydrogens is 230 g/mol. The molecule has 2 heterocycles. The maximum absolute atomic E-state index is 11.0. The Morgan fingerprint density at radius 3 is 2.72 bits per heavy atom. The van der Waals surface area contributed by atoms with E-state index in [-0.39, 0.29) is 5.76 Å². The Morgan fingerprint density at radius 1 is 1.22 bits per heavy atom. The number of carbonyl (C=O) groups is 1. The van der Waals surface area contributed by atoms with Gasteiger partial charge in [-0.1, -0.05) is 12.1 Å². The number of fused-ring (bicyclic) bond motifs is 1. The fourth-order valence-corrected chi connectivity index (χ4v) is 2.54. The smallest absolute Gasteiger partial charge is 0.371 e. The number of piperidine rings is 1. The van der Waals surface area contributed by atoms with E-state index >= 15 is 0 Å². The first kappa shape index (κ1) is 11.1. The summed E-state index contributed by atoms with van der Waals surface area (Å²) in [5.41, 5.74) is 1.71. The lowest BCUT2D eigenvalue weighted by atomic mass is 10.1. The lowest BCUT2D eigenvalue weighted by Gasteiger charge is -2.28. The number of rotatable bonds is 2. The quantitative estimate of drug-likeness (QED) is 0.883. The molecule has 1 N–H and O–H groups in total. The summed E-state index contributed by atoms with van der Waals surface area (Å²) in [6.45, 7) is 2.03. The number of carboxylic acids is 1. The Kier molecular flexibility index (Phi) is 2.70. The van der Waals surface area contributed by atoms with Crippen LogP contribution in [-0.2, 0) is 0 Å². The summed E-state index contributed by atoms with van der Waals surface area (Å²) in [4.78, 5) is 13.2. The number of nitrogens with zero attached hydrogens (tertiary/aromatic N) is 1. The number of furan rings is 1. The maximum atomic E-state index is 11.0. The van der Waals surface area contributed by atoms with Crippen molar-refractivity contribution in [1.82, 2.24) is 0 Å². The van der Waals surface area contributed by atoms with Crippen molar-refractivity contribution in [3.8, 4) is 0 Å². The predicted octanol–water partition coefficient (Wildman–Crippen LogP) is 3.12. The van der Waals surface area contributed by atoms with Gasteiger partial charge in [0.15, 0.2) is 5.58 Å². The molecule has 1 aromatic carbocycles. The Labute approximate surface area is 105 Å². The molecule has 0 saturated carbocycles. The molecule has 18 heavy (non-hydrogen) atoms. The highest BCUT2D eigenvalue weighted by molar-refractivity contribution is 5.96. The summed E-state index contributed by atoms with van der Waals surface area (Å²) in [6.07, 6.45) is 3.64. The summed E-state index contributed by atoms with van der Waals surface area (Å²) in [6, 6.07) is 7.43. The van der Waals surface area contributed by atoms with Crippen LogP contribution < -0.4 is 4.90 Å². The zero-order chi connectivity index (χ0) is 12.5.